The van der Waals surface area contributed by atoms with Gasteiger partial charge in [0, 0.05) is 31.4 Å². The standard InChI is InChI=1S/C21H20FN3O/c1-14-5-4-6-15-13-18(21(26)25(2)3)19(24-20(14)15)11-12-23-17-9-7-16(22)8-10-17/h4-13,23H,1-3H3/b12-11+. The van der Waals surface area contributed by atoms with Crippen LogP contribution in [0, 0.1) is 12.7 Å². The highest BCUT2D eigenvalue weighted by Gasteiger charge is 2.15. The molecule has 26 heavy (non-hydrogen) atoms. The number of hydrogen-bond donors (Lipinski definition) is 1. The van der Waals surface area contributed by atoms with Gasteiger partial charge in [-0.1, -0.05) is 18.2 Å². The molecule has 0 unspecified atom stereocenters. The Morgan fingerprint density at radius 2 is 1.88 bits per heavy atom. The van der Waals surface area contributed by atoms with E-state index in [4.69, 9.17) is 0 Å². The summed E-state index contributed by atoms with van der Waals surface area (Å²) in [6.07, 6.45) is 3.46. The fourth-order valence-corrected chi connectivity index (χ4v) is 2.66. The second-order valence-corrected chi connectivity index (χ2v) is 6.25. The smallest absolute Gasteiger partial charge is 0.255 e. The summed E-state index contributed by atoms with van der Waals surface area (Å²) >= 11 is 0. The molecule has 132 valence electrons. The Hall–Kier alpha value is -3.21. The zero-order valence-corrected chi connectivity index (χ0v) is 15.0. The Labute approximate surface area is 152 Å². The predicted molar refractivity (Wildman–Crippen MR) is 104 cm³/mol. The van der Waals surface area contributed by atoms with E-state index in [1.54, 1.807) is 38.5 Å². The number of aromatic nitrogens is 1. The largest absolute Gasteiger partial charge is 0.362 e. The van der Waals surface area contributed by atoms with Crippen molar-refractivity contribution in [1.82, 2.24) is 9.88 Å². The van der Waals surface area contributed by atoms with Gasteiger partial charge < -0.3 is 10.2 Å². The lowest BCUT2D eigenvalue weighted by molar-refractivity contribution is 0.0827. The minimum Gasteiger partial charge on any atom is -0.362 e. The number of pyridine rings is 1. The molecular weight excluding hydrogens is 329 g/mol. The predicted octanol–water partition coefficient (Wildman–Crippen LogP) is 4.47. The molecule has 1 heterocycles. The molecule has 4 nitrogen and oxygen atoms in total. The first-order valence-corrected chi connectivity index (χ1v) is 8.26. The van der Waals surface area contributed by atoms with Crippen LogP contribution < -0.4 is 5.32 Å². The van der Waals surface area contributed by atoms with Crippen LogP contribution in [0.3, 0.4) is 0 Å². The van der Waals surface area contributed by atoms with Crippen LogP contribution in [-0.4, -0.2) is 29.9 Å². The van der Waals surface area contributed by atoms with Crippen molar-refractivity contribution in [3.05, 3.63) is 77.4 Å². The van der Waals surface area contributed by atoms with E-state index < -0.39 is 0 Å². The summed E-state index contributed by atoms with van der Waals surface area (Å²) in [6.45, 7) is 1.99. The van der Waals surface area contributed by atoms with Crippen molar-refractivity contribution in [2.24, 2.45) is 0 Å². The van der Waals surface area contributed by atoms with E-state index in [0.717, 1.165) is 22.2 Å². The molecule has 0 bridgehead atoms. The van der Waals surface area contributed by atoms with Crippen molar-refractivity contribution < 1.29 is 9.18 Å². The van der Waals surface area contributed by atoms with Gasteiger partial charge in [-0.25, -0.2) is 9.37 Å². The Kier molecular flexibility index (Phi) is 4.98. The number of rotatable bonds is 4. The number of carbonyl (C=O) groups excluding carboxylic acids is 1. The molecule has 1 N–H and O–H groups in total. The number of aryl methyl sites for hydroxylation is 1. The van der Waals surface area contributed by atoms with Crippen LogP contribution in [0.25, 0.3) is 17.0 Å². The second kappa shape index (κ2) is 7.35. The average Bonchev–Trinajstić information content (AvgIpc) is 2.63. The molecule has 3 aromatic rings. The van der Waals surface area contributed by atoms with E-state index in [1.165, 1.54) is 17.0 Å². The molecule has 1 amide bonds. The van der Waals surface area contributed by atoms with Gasteiger partial charge in [-0.3, -0.25) is 4.79 Å². The van der Waals surface area contributed by atoms with Crippen molar-refractivity contribution in [2.45, 2.75) is 6.92 Å². The molecular formula is C21H20FN3O. The van der Waals surface area contributed by atoms with Crippen molar-refractivity contribution >= 4 is 28.6 Å². The molecule has 0 aliphatic heterocycles. The maximum absolute atomic E-state index is 13.0. The average molecular weight is 349 g/mol. The number of halogens is 1. The molecule has 0 aliphatic rings. The summed E-state index contributed by atoms with van der Waals surface area (Å²) in [6, 6.07) is 13.8. The zero-order chi connectivity index (χ0) is 18.7. The van der Waals surface area contributed by atoms with Gasteiger partial charge in [0.2, 0.25) is 0 Å². The summed E-state index contributed by atoms with van der Waals surface area (Å²) in [5, 5.41) is 4.00. The lowest BCUT2D eigenvalue weighted by atomic mass is 10.1. The van der Waals surface area contributed by atoms with Crippen LogP contribution in [0.2, 0.25) is 0 Å². The number of para-hydroxylation sites is 1. The number of anilines is 1. The van der Waals surface area contributed by atoms with E-state index in [1.807, 2.05) is 31.2 Å². The van der Waals surface area contributed by atoms with Gasteiger partial charge in [-0.2, -0.15) is 0 Å². The third kappa shape index (κ3) is 3.72. The molecule has 0 radical (unpaired) electrons. The third-order valence-electron chi connectivity index (χ3n) is 4.05. The first-order chi connectivity index (χ1) is 12.5. The number of hydrogen-bond acceptors (Lipinski definition) is 3. The lowest BCUT2D eigenvalue weighted by Crippen LogP contribution is -2.23. The minimum atomic E-state index is -0.287. The van der Waals surface area contributed by atoms with Gasteiger partial charge in [0.15, 0.2) is 0 Å². The summed E-state index contributed by atoms with van der Waals surface area (Å²) in [5.41, 5.74) is 3.78. The van der Waals surface area contributed by atoms with Gasteiger partial charge in [0.25, 0.3) is 5.91 Å². The molecule has 5 heteroatoms. The van der Waals surface area contributed by atoms with Gasteiger partial charge in [0.05, 0.1) is 16.8 Å². The van der Waals surface area contributed by atoms with Gasteiger partial charge in [-0.15, -0.1) is 0 Å². The van der Waals surface area contributed by atoms with E-state index in [2.05, 4.69) is 10.3 Å². The highest BCUT2D eigenvalue weighted by molar-refractivity contribution is 6.00. The maximum atomic E-state index is 13.0. The van der Waals surface area contributed by atoms with Crippen LogP contribution >= 0.6 is 0 Å². The minimum absolute atomic E-state index is 0.109. The molecule has 0 fully saturated rings. The summed E-state index contributed by atoms with van der Waals surface area (Å²) < 4.78 is 13.0. The molecule has 1 aromatic heterocycles. The SMILES string of the molecule is Cc1cccc2cc(C(=O)N(C)C)c(/C=C/Nc3ccc(F)cc3)nc12. The molecule has 3 rings (SSSR count). The zero-order valence-electron chi connectivity index (χ0n) is 15.0. The van der Waals surface area contributed by atoms with Crippen molar-refractivity contribution in [2.75, 3.05) is 19.4 Å². The normalized spacial score (nSPS) is 11.1. The first kappa shape index (κ1) is 17.6. The van der Waals surface area contributed by atoms with Crippen LogP contribution in [-0.2, 0) is 0 Å². The number of amides is 1. The molecule has 0 saturated heterocycles. The number of nitrogens with one attached hydrogen (secondary N) is 1. The number of fused-ring (bicyclic) bond motifs is 1. The van der Waals surface area contributed by atoms with Crippen LogP contribution in [0.4, 0.5) is 10.1 Å². The van der Waals surface area contributed by atoms with E-state index >= 15 is 0 Å². The Morgan fingerprint density at radius 1 is 1.15 bits per heavy atom. The molecule has 0 spiro atoms. The third-order valence-corrected chi connectivity index (χ3v) is 4.05. The molecule has 0 aliphatic carbocycles. The quantitative estimate of drug-likeness (QED) is 0.756. The highest BCUT2D eigenvalue weighted by Crippen LogP contribution is 2.22. The monoisotopic (exact) mass is 349 g/mol. The Morgan fingerprint density at radius 3 is 2.58 bits per heavy atom. The molecule has 2 aromatic carbocycles. The first-order valence-electron chi connectivity index (χ1n) is 8.26. The van der Waals surface area contributed by atoms with Gasteiger partial charge >= 0.3 is 0 Å². The fraction of sp³-hybridized carbons (Fsp3) is 0.143. The fourth-order valence-electron chi connectivity index (χ4n) is 2.66. The Balaban J connectivity index is 2.00. The van der Waals surface area contributed by atoms with E-state index in [0.29, 0.717) is 11.3 Å². The van der Waals surface area contributed by atoms with Crippen molar-refractivity contribution in [3.8, 4) is 0 Å². The van der Waals surface area contributed by atoms with Gasteiger partial charge in [-0.05, 0) is 48.9 Å². The highest BCUT2D eigenvalue weighted by atomic mass is 19.1. The van der Waals surface area contributed by atoms with Crippen LogP contribution in [0.15, 0.2) is 54.7 Å². The summed E-state index contributed by atoms with van der Waals surface area (Å²) in [4.78, 5) is 18.8. The van der Waals surface area contributed by atoms with Crippen molar-refractivity contribution in [3.63, 3.8) is 0 Å². The Bertz CT molecular complexity index is 978. The molecule has 0 atom stereocenters. The van der Waals surface area contributed by atoms with Gasteiger partial charge in [0.1, 0.15) is 5.82 Å². The summed E-state index contributed by atoms with van der Waals surface area (Å²) in [5.74, 6) is -0.396. The number of carbonyl (C=O) groups is 1. The number of nitrogens with zero attached hydrogens (tertiary/aromatic N) is 2. The second-order valence-electron chi connectivity index (χ2n) is 6.25. The van der Waals surface area contributed by atoms with E-state index in [-0.39, 0.29) is 11.7 Å². The molecule has 0 saturated carbocycles. The van der Waals surface area contributed by atoms with Crippen LogP contribution in [0.5, 0.6) is 0 Å². The lowest BCUT2D eigenvalue weighted by Gasteiger charge is -2.14. The van der Waals surface area contributed by atoms with Crippen LogP contribution in [0.1, 0.15) is 21.6 Å². The topological polar surface area (TPSA) is 45.2 Å². The summed E-state index contributed by atoms with van der Waals surface area (Å²) in [7, 11) is 3.43. The maximum Gasteiger partial charge on any atom is 0.255 e. The number of benzene rings is 2. The van der Waals surface area contributed by atoms with E-state index in [9.17, 15) is 9.18 Å². The van der Waals surface area contributed by atoms with Crippen molar-refractivity contribution in [1.29, 1.82) is 0 Å².